The average molecular weight is 327 g/mol. The van der Waals surface area contributed by atoms with Crippen LogP contribution < -0.4 is 0 Å². The Morgan fingerprint density at radius 3 is 2.21 bits per heavy atom. The van der Waals surface area contributed by atoms with Gasteiger partial charge in [0, 0.05) is 0 Å². The number of hydrogen-bond donors (Lipinski definition) is 0. The Balaban J connectivity index is 1.43. The molecule has 2 amide bonds. The van der Waals surface area contributed by atoms with E-state index in [2.05, 4.69) is 0 Å². The first-order valence-corrected chi connectivity index (χ1v) is 8.30. The average Bonchev–Trinajstić information content (AvgIpc) is 3.04. The number of hydroxylamine groups is 2. The Kier molecular flexibility index (Phi) is 2.39. The third kappa shape index (κ3) is 1.43. The quantitative estimate of drug-likeness (QED) is 0.779. The first-order chi connectivity index (χ1) is 11.4. The highest BCUT2D eigenvalue weighted by atomic mass is 16.7. The van der Waals surface area contributed by atoms with Crippen molar-refractivity contribution in [2.24, 2.45) is 5.41 Å². The second-order valence-corrected chi connectivity index (χ2v) is 7.66. The van der Waals surface area contributed by atoms with Gasteiger partial charge in [-0.2, -0.15) is 0 Å². The van der Waals surface area contributed by atoms with Crippen LogP contribution in [0.3, 0.4) is 0 Å². The molecule has 2 saturated heterocycles. The molecule has 6 heteroatoms. The molecular formula is C18H17NO5. The number of carbonyl (C=O) groups excluding carboxylic acids is 3. The summed E-state index contributed by atoms with van der Waals surface area (Å²) in [4.78, 5) is 43.0. The predicted octanol–water partition coefficient (Wildman–Crippen LogP) is 2.23. The van der Waals surface area contributed by atoms with E-state index in [0.717, 1.165) is 19.3 Å². The maximum absolute atomic E-state index is 12.9. The van der Waals surface area contributed by atoms with E-state index in [4.69, 9.17) is 9.57 Å². The van der Waals surface area contributed by atoms with Crippen molar-refractivity contribution in [3.05, 3.63) is 35.4 Å². The summed E-state index contributed by atoms with van der Waals surface area (Å²) in [7, 11) is 0. The van der Waals surface area contributed by atoms with Crippen LogP contribution in [0.4, 0.5) is 0 Å². The van der Waals surface area contributed by atoms with Gasteiger partial charge in [0.25, 0.3) is 11.8 Å². The van der Waals surface area contributed by atoms with E-state index in [-0.39, 0.29) is 16.7 Å². The van der Waals surface area contributed by atoms with Crippen molar-refractivity contribution in [2.75, 3.05) is 0 Å². The molecule has 3 heterocycles. The van der Waals surface area contributed by atoms with Gasteiger partial charge in [0.2, 0.25) is 0 Å². The number of amides is 2. The third-order valence-electron chi connectivity index (χ3n) is 6.15. The van der Waals surface area contributed by atoms with Crippen LogP contribution in [-0.4, -0.2) is 34.0 Å². The minimum Gasteiger partial charge on any atom is -0.368 e. The lowest BCUT2D eigenvalue weighted by molar-refractivity contribution is -0.194. The lowest BCUT2D eigenvalue weighted by Crippen LogP contribution is -2.58. The second-order valence-electron chi connectivity index (χ2n) is 7.66. The monoisotopic (exact) mass is 327 g/mol. The Bertz CT molecular complexity index is 768. The number of hydrogen-bond acceptors (Lipinski definition) is 5. The van der Waals surface area contributed by atoms with Gasteiger partial charge in [0.1, 0.15) is 5.41 Å². The fourth-order valence-electron chi connectivity index (χ4n) is 5.02. The van der Waals surface area contributed by atoms with Crippen LogP contribution >= 0.6 is 0 Å². The van der Waals surface area contributed by atoms with E-state index in [1.807, 2.05) is 6.92 Å². The Morgan fingerprint density at radius 2 is 1.71 bits per heavy atom. The molecule has 2 bridgehead atoms. The lowest BCUT2D eigenvalue weighted by atomic mass is 9.51. The van der Waals surface area contributed by atoms with Crippen LogP contribution in [0.15, 0.2) is 24.3 Å². The molecule has 24 heavy (non-hydrogen) atoms. The molecule has 2 saturated carbocycles. The number of benzene rings is 1. The van der Waals surface area contributed by atoms with Gasteiger partial charge >= 0.3 is 5.97 Å². The fourth-order valence-corrected chi connectivity index (χ4v) is 5.02. The minimum atomic E-state index is -0.713. The molecule has 0 atom stereocenters. The first kappa shape index (κ1) is 14.2. The van der Waals surface area contributed by atoms with Crippen molar-refractivity contribution in [2.45, 2.75) is 50.2 Å². The molecule has 0 aromatic heterocycles. The van der Waals surface area contributed by atoms with Gasteiger partial charge in [0.15, 0.2) is 0 Å². The van der Waals surface area contributed by atoms with Crippen LogP contribution in [0.25, 0.3) is 0 Å². The van der Waals surface area contributed by atoms with Gasteiger partial charge in [-0.3, -0.25) is 9.59 Å². The summed E-state index contributed by atoms with van der Waals surface area (Å²) in [5.41, 5.74) is -0.909. The van der Waals surface area contributed by atoms with Gasteiger partial charge in [-0.05, 0) is 51.2 Å². The molecule has 1 aromatic rings. The highest BCUT2D eigenvalue weighted by Gasteiger charge is 2.79. The van der Waals surface area contributed by atoms with Crippen molar-refractivity contribution < 1.29 is 24.0 Å². The molecule has 1 aromatic carbocycles. The van der Waals surface area contributed by atoms with Gasteiger partial charge in [-0.25, -0.2) is 4.79 Å². The lowest BCUT2D eigenvalue weighted by Gasteiger charge is -2.48. The van der Waals surface area contributed by atoms with E-state index in [1.54, 1.807) is 24.3 Å². The van der Waals surface area contributed by atoms with Crippen LogP contribution in [-0.2, 0) is 14.4 Å². The van der Waals surface area contributed by atoms with E-state index in [0.29, 0.717) is 17.9 Å². The summed E-state index contributed by atoms with van der Waals surface area (Å²) >= 11 is 0. The second kappa shape index (κ2) is 4.06. The molecule has 6 rings (SSSR count). The number of carbonyl (C=O) groups is 3. The zero-order chi connectivity index (χ0) is 16.7. The summed E-state index contributed by atoms with van der Waals surface area (Å²) in [5, 5.41) is 0.613. The van der Waals surface area contributed by atoms with Crippen molar-refractivity contribution in [3.63, 3.8) is 0 Å². The fraction of sp³-hybridized carbons (Fsp3) is 0.500. The standard InChI is InChI=1S/C18H17NO5/c1-16-9-17(10-16,18(24-16)7-4-8-18)15(22)23-19-13(20)11-5-2-3-6-12(11)14(19)21/h2-3,5-6H,4,7-10H2,1H3. The van der Waals surface area contributed by atoms with E-state index in [9.17, 15) is 14.4 Å². The largest absolute Gasteiger partial charge is 0.368 e. The molecule has 3 aliphatic heterocycles. The Labute approximate surface area is 138 Å². The molecule has 5 aliphatic rings. The maximum Gasteiger partial charge on any atom is 0.342 e. The maximum atomic E-state index is 12.9. The van der Waals surface area contributed by atoms with Crippen molar-refractivity contribution in [1.29, 1.82) is 0 Å². The minimum absolute atomic E-state index is 0.271. The number of fused-ring (bicyclic) bond motifs is 1. The number of rotatable bonds is 2. The van der Waals surface area contributed by atoms with Gasteiger partial charge in [0.05, 0.1) is 22.3 Å². The number of nitrogens with zero attached hydrogens (tertiary/aromatic N) is 1. The Hall–Kier alpha value is -2.21. The molecule has 6 nitrogen and oxygen atoms in total. The predicted molar refractivity (Wildman–Crippen MR) is 80.8 cm³/mol. The van der Waals surface area contributed by atoms with E-state index in [1.165, 1.54) is 0 Å². The zero-order valence-corrected chi connectivity index (χ0v) is 13.3. The third-order valence-corrected chi connectivity index (χ3v) is 6.15. The SMILES string of the molecule is CC12CC(C(=O)ON3C(=O)c4ccccc4C3=O)(C1)C1(CCC1)O2. The van der Waals surface area contributed by atoms with Crippen LogP contribution in [0, 0.1) is 5.41 Å². The first-order valence-electron chi connectivity index (χ1n) is 8.30. The summed E-state index contributed by atoms with van der Waals surface area (Å²) in [6.45, 7) is 2.01. The highest BCUT2D eigenvalue weighted by Crippen LogP contribution is 2.72. The smallest absolute Gasteiger partial charge is 0.342 e. The summed E-state index contributed by atoms with van der Waals surface area (Å²) in [5.74, 6) is -1.67. The van der Waals surface area contributed by atoms with Crippen molar-refractivity contribution >= 4 is 17.8 Å². The van der Waals surface area contributed by atoms with Crippen LogP contribution in [0.5, 0.6) is 0 Å². The molecule has 0 N–H and O–H groups in total. The van der Waals surface area contributed by atoms with Gasteiger partial charge < -0.3 is 9.57 Å². The summed E-state index contributed by atoms with van der Waals surface area (Å²) in [6, 6.07) is 6.49. The van der Waals surface area contributed by atoms with Crippen molar-refractivity contribution in [1.82, 2.24) is 5.06 Å². The Morgan fingerprint density at radius 1 is 1.12 bits per heavy atom. The van der Waals surface area contributed by atoms with E-state index >= 15 is 0 Å². The molecule has 2 aliphatic carbocycles. The van der Waals surface area contributed by atoms with Crippen molar-refractivity contribution in [3.8, 4) is 0 Å². The molecule has 0 radical (unpaired) electrons. The van der Waals surface area contributed by atoms with Crippen LogP contribution in [0.1, 0.15) is 59.7 Å². The molecule has 4 fully saturated rings. The molecule has 0 unspecified atom stereocenters. The molecule has 1 spiro atoms. The molecular weight excluding hydrogens is 310 g/mol. The summed E-state index contributed by atoms with van der Waals surface area (Å²) < 4.78 is 6.16. The van der Waals surface area contributed by atoms with Gasteiger partial charge in [-0.15, -0.1) is 0 Å². The topological polar surface area (TPSA) is 72.9 Å². The zero-order valence-electron chi connectivity index (χ0n) is 13.3. The normalized spacial score (nSPS) is 34.8. The van der Waals surface area contributed by atoms with Crippen LogP contribution in [0.2, 0.25) is 0 Å². The highest BCUT2D eigenvalue weighted by molar-refractivity contribution is 6.21. The van der Waals surface area contributed by atoms with Gasteiger partial charge in [-0.1, -0.05) is 17.2 Å². The summed E-state index contributed by atoms with van der Waals surface area (Å²) in [6.07, 6.45) is 3.89. The van der Waals surface area contributed by atoms with E-state index < -0.39 is 28.8 Å². The number of ether oxygens (including phenoxy) is 1. The number of imide groups is 1. The molecule has 124 valence electrons.